The first-order valence-electron chi connectivity index (χ1n) is 3.05. The predicted octanol–water partition coefficient (Wildman–Crippen LogP) is 1.03. The van der Waals surface area contributed by atoms with Crippen molar-refractivity contribution in [2.45, 2.75) is 6.92 Å². The van der Waals surface area contributed by atoms with Crippen LogP contribution in [0.25, 0.3) is 0 Å². The van der Waals surface area contributed by atoms with E-state index in [4.69, 9.17) is 5.11 Å². The molecule has 0 atom stereocenters. The van der Waals surface area contributed by atoms with E-state index in [2.05, 4.69) is 9.72 Å². The highest BCUT2D eigenvalue weighted by atomic mass is 32.1. The number of nitrogens with zero attached hydrogens (tertiary/aromatic N) is 1. The lowest BCUT2D eigenvalue weighted by molar-refractivity contribution is 0.0528. The Bertz CT molecular complexity index is 258. The summed E-state index contributed by atoms with van der Waals surface area (Å²) >= 11 is 1.06. The van der Waals surface area contributed by atoms with Gasteiger partial charge in [0, 0.05) is 0 Å². The molecule has 0 aliphatic heterocycles. The molecule has 1 aromatic heterocycles. The molecule has 0 unspecified atom stereocenters. The standard InChI is InChI=1S/C6H7NO3S/c1-2-10-6(9)4-5(8)7-3-11-4/h3,8H,2H2,1H3. The van der Waals surface area contributed by atoms with Gasteiger partial charge in [-0.3, -0.25) is 0 Å². The molecule has 0 aliphatic rings. The van der Waals surface area contributed by atoms with Crippen molar-refractivity contribution in [2.75, 3.05) is 6.61 Å². The van der Waals surface area contributed by atoms with Crippen molar-refractivity contribution < 1.29 is 14.6 Å². The van der Waals surface area contributed by atoms with Crippen LogP contribution in [0.2, 0.25) is 0 Å². The molecule has 0 saturated heterocycles. The minimum absolute atomic E-state index is 0.159. The molecule has 0 saturated carbocycles. The number of carbonyl (C=O) groups excluding carboxylic acids is 1. The molecule has 0 bridgehead atoms. The molecular weight excluding hydrogens is 166 g/mol. The smallest absolute Gasteiger partial charge is 0.353 e. The largest absolute Gasteiger partial charge is 0.492 e. The van der Waals surface area contributed by atoms with Crippen LogP contribution >= 0.6 is 11.3 Å². The van der Waals surface area contributed by atoms with E-state index in [-0.39, 0.29) is 10.8 Å². The summed E-state index contributed by atoms with van der Waals surface area (Å²) in [5, 5.41) is 8.95. The second kappa shape index (κ2) is 3.34. The minimum Gasteiger partial charge on any atom is -0.492 e. The van der Waals surface area contributed by atoms with Crippen molar-refractivity contribution in [3.63, 3.8) is 0 Å². The van der Waals surface area contributed by atoms with Crippen molar-refractivity contribution in [2.24, 2.45) is 0 Å². The molecule has 0 aromatic carbocycles. The molecule has 0 spiro atoms. The van der Waals surface area contributed by atoms with E-state index < -0.39 is 5.97 Å². The number of carbonyl (C=O) groups is 1. The Morgan fingerprint density at radius 2 is 2.64 bits per heavy atom. The van der Waals surface area contributed by atoms with Gasteiger partial charge in [0.2, 0.25) is 5.88 Å². The fourth-order valence-electron chi connectivity index (χ4n) is 0.576. The Labute approximate surface area is 67.5 Å². The second-order valence-electron chi connectivity index (χ2n) is 1.73. The van der Waals surface area contributed by atoms with Crippen molar-refractivity contribution in [3.8, 4) is 5.88 Å². The van der Waals surface area contributed by atoms with Crippen molar-refractivity contribution >= 4 is 17.3 Å². The van der Waals surface area contributed by atoms with E-state index in [1.54, 1.807) is 6.92 Å². The third-order valence-corrected chi connectivity index (χ3v) is 1.81. The number of rotatable bonds is 2. The van der Waals surface area contributed by atoms with Gasteiger partial charge < -0.3 is 9.84 Å². The number of esters is 1. The van der Waals surface area contributed by atoms with Crippen molar-refractivity contribution in [3.05, 3.63) is 10.4 Å². The maximum absolute atomic E-state index is 10.9. The lowest BCUT2D eigenvalue weighted by Gasteiger charge is -1.96. The molecule has 11 heavy (non-hydrogen) atoms. The monoisotopic (exact) mass is 173 g/mol. The number of hydrogen-bond acceptors (Lipinski definition) is 5. The highest BCUT2D eigenvalue weighted by molar-refractivity contribution is 7.12. The Hall–Kier alpha value is -1.10. The quantitative estimate of drug-likeness (QED) is 0.678. The number of thiazole rings is 1. The molecule has 0 radical (unpaired) electrons. The highest BCUT2D eigenvalue weighted by Gasteiger charge is 2.14. The molecule has 1 heterocycles. The lowest BCUT2D eigenvalue weighted by Crippen LogP contribution is -2.02. The van der Waals surface area contributed by atoms with Crippen LogP contribution in [-0.2, 0) is 4.74 Å². The SMILES string of the molecule is CCOC(=O)c1scnc1O. The van der Waals surface area contributed by atoms with Gasteiger partial charge in [0.1, 0.15) is 0 Å². The average Bonchev–Trinajstić information content (AvgIpc) is 2.36. The van der Waals surface area contributed by atoms with E-state index in [9.17, 15) is 4.79 Å². The van der Waals surface area contributed by atoms with E-state index in [0.29, 0.717) is 6.61 Å². The van der Waals surface area contributed by atoms with Crippen molar-refractivity contribution in [1.82, 2.24) is 4.98 Å². The molecule has 1 N–H and O–H groups in total. The molecular formula is C6H7NO3S. The van der Waals surface area contributed by atoms with Gasteiger partial charge in [0.25, 0.3) is 0 Å². The van der Waals surface area contributed by atoms with Gasteiger partial charge in [-0.1, -0.05) is 0 Å². The molecule has 0 aliphatic carbocycles. The summed E-state index contributed by atoms with van der Waals surface area (Å²) in [6, 6.07) is 0. The molecule has 60 valence electrons. The fraction of sp³-hybridized carbons (Fsp3) is 0.333. The van der Waals surface area contributed by atoms with E-state index in [1.807, 2.05) is 0 Å². The third-order valence-electron chi connectivity index (χ3n) is 1.01. The van der Waals surface area contributed by atoms with Gasteiger partial charge in [0.05, 0.1) is 12.1 Å². The van der Waals surface area contributed by atoms with Crippen LogP contribution in [0.1, 0.15) is 16.6 Å². The first-order valence-corrected chi connectivity index (χ1v) is 3.93. The Morgan fingerprint density at radius 1 is 1.91 bits per heavy atom. The summed E-state index contributed by atoms with van der Waals surface area (Å²) in [6.45, 7) is 2.01. The van der Waals surface area contributed by atoms with E-state index in [0.717, 1.165) is 11.3 Å². The van der Waals surface area contributed by atoms with E-state index >= 15 is 0 Å². The normalized spacial score (nSPS) is 9.55. The summed E-state index contributed by atoms with van der Waals surface area (Å²) in [5.74, 6) is -0.777. The Kier molecular flexibility index (Phi) is 2.43. The summed E-state index contributed by atoms with van der Waals surface area (Å²) in [7, 11) is 0. The molecule has 1 rings (SSSR count). The minimum atomic E-state index is -0.521. The van der Waals surface area contributed by atoms with Crippen LogP contribution in [0.5, 0.6) is 5.88 Å². The predicted molar refractivity (Wildman–Crippen MR) is 39.7 cm³/mol. The molecule has 0 amide bonds. The molecule has 1 aromatic rings. The van der Waals surface area contributed by atoms with Crippen LogP contribution in [0.4, 0.5) is 0 Å². The Balaban J connectivity index is 2.76. The molecule has 4 nitrogen and oxygen atoms in total. The van der Waals surface area contributed by atoms with Gasteiger partial charge in [-0.05, 0) is 6.92 Å². The van der Waals surface area contributed by atoms with Gasteiger partial charge in [-0.25, -0.2) is 9.78 Å². The van der Waals surface area contributed by atoms with Crippen LogP contribution in [-0.4, -0.2) is 22.7 Å². The van der Waals surface area contributed by atoms with Gasteiger partial charge >= 0.3 is 5.97 Å². The number of aromatic nitrogens is 1. The molecule has 5 heteroatoms. The highest BCUT2D eigenvalue weighted by Crippen LogP contribution is 2.19. The maximum Gasteiger partial charge on any atom is 0.353 e. The summed E-state index contributed by atoms with van der Waals surface area (Å²) in [5.41, 5.74) is 1.39. The van der Waals surface area contributed by atoms with Crippen LogP contribution in [0, 0.1) is 0 Å². The zero-order valence-electron chi connectivity index (χ0n) is 5.90. The summed E-state index contributed by atoms with van der Waals surface area (Å²) < 4.78 is 4.64. The van der Waals surface area contributed by atoms with Gasteiger partial charge in [-0.15, -0.1) is 11.3 Å². The first kappa shape index (κ1) is 8.00. The molecule has 0 fully saturated rings. The zero-order chi connectivity index (χ0) is 8.27. The maximum atomic E-state index is 10.9. The number of aromatic hydroxyl groups is 1. The topological polar surface area (TPSA) is 59.4 Å². The van der Waals surface area contributed by atoms with Gasteiger partial charge in [0.15, 0.2) is 4.88 Å². The lowest BCUT2D eigenvalue weighted by atomic mass is 10.5. The first-order chi connectivity index (χ1) is 5.25. The average molecular weight is 173 g/mol. The van der Waals surface area contributed by atoms with Gasteiger partial charge in [-0.2, -0.15) is 0 Å². The fourth-order valence-corrected chi connectivity index (χ4v) is 1.15. The Morgan fingerprint density at radius 3 is 3.09 bits per heavy atom. The van der Waals surface area contributed by atoms with Crippen LogP contribution in [0.15, 0.2) is 5.51 Å². The number of hydrogen-bond donors (Lipinski definition) is 1. The van der Waals surface area contributed by atoms with Crippen LogP contribution in [0.3, 0.4) is 0 Å². The van der Waals surface area contributed by atoms with E-state index in [1.165, 1.54) is 5.51 Å². The number of ether oxygens (including phenoxy) is 1. The summed E-state index contributed by atoms with van der Waals surface area (Å²) in [4.78, 5) is 14.6. The van der Waals surface area contributed by atoms with Crippen molar-refractivity contribution in [1.29, 1.82) is 0 Å². The second-order valence-corrected chi connectivity index (χ2v) is 2.58. The zero-order valence-corrected chi connectivity index (χ0v) is 6.72. The van der Waals surface area contributed by atoms with Crippen LogP contribution < -0.4 is 0 Å². The summed E-state index contributed by atoms with van der Waals surface area (Å²) in [6.07, 6.45) is 0. The third kappa shape index (κ3) is 1.68.